The molecule has 1 aromatic carbocycles. The molecule has 0 saturated heterocycles. The lowest BCUT2D eigenvalue weighted by molar-refractivity contribution is 0.0601. The highest BCUT2D eigenvalue weighted by Crippen LogP contribution is 2.24. The summed E-state index contributed by atoms with van der Waals surface area (Å²) in [6.07, 6.45) is 0. The van der Waals surface area contributed by atoms with Crippen molar-refractivity contribution in [3.63, 3.8) is 0 Å². The van der Waals surface area contributed by atoms with Gasteiger partial charge in [0.25, 0.3) is 0 Å². The van der Waals surface area contributed by atoms with Crippen LogP contribution in [0.2, 0.25) is 0 Å². The molecule has 0 atom stereocenters. The van der Waals surface area contributed by atoms with Crippen molar-refractivity contribution in [1.29, 1.82) is 0 Å². The first-order valence-electron chi connectivity index (χ1n) is 5.13. The van der Waals surface area contributed by atoms with Crippen LogP contribution in [0.25, 0.3) is 0 Å². The second-order valence-electron chi connectivity index (χ2n) is 3.73. The third kappa shape index (κ3) is 3.17. The Balaban J connectivity index is 2.98. The van der Waals surface area contributed by atoms with Crippen LogP contribution in [0.4, 0.5) is 5.69 Å². The Kier molecular flexibility index (Phi) is 4.68. The summed E-state index contributed by atoms with van der Waals surface area (Å²) in [4.78, 5) is 11.6. The lowest BCUT2D eigenvalue weighted by Gasteiger charge is -2.11. The minimum Gasteiger partial charge on any atom is -0.465 e. The zero-order valence-electron chi connectivity index (χ0n) is 9.82. The second-order valence-corrected chi connectivity index (χ2v) is 5.30. The Hall–Kier alpha value is -1.16. The largest absolute Gasteiger partial charge is 0.465 e. The predicted molar refractivity (Wildman–Crippen MR) is 68.6 cm³/mol. The first kappa shape index (κ1) is 12.9. The molecule has 0 amide bonds. The van der Waals surface area contributed by atoms with Crippen molar-refractivity contribution in [3.05, 3.63) is 29.3 Å². The lowest BCUT2D eigenvalue weighted by atomic mass is 10.1. The molecule has 0 aromatic heterocycles. The van der Waals surface area contributed by atoms with E-state index in [1.165, 1.54) is 7.11 Å². The number of hydrogen-bond donors (Lipinski definition) is 1. The quantitative estimate of drug-likeness (QED) is 0.648. The van der Waals surface area contributed by atoms with Gasteiger partial charge in [0.05, 0.1) is 12.7 Å². The molecule has 4 heteroatoms. The molecule has 0 saturated carbocycles. The molecular weight excluding hydrogens is 222 g/mol. The van der Waals surface area contributed by atoms with Gasteiger partial charge in [-0.3, -0.25) is 0 Å². The summed E-state index contributed by atoms with van der Waals surface area (Å²) in [7, 11) is 1.37. The number of benzene rings is 1. The molecule has 88 valence electrons. The van der Waals surface area contributed by atoms with E-state index >= 15 is 0 Å². The number of nitrogens with two attached hydrogens (primary N) is 1. The van der Waals surface area contributed by atoms with Crippen LogP contribution in [0, 0.1) is 0 Å². The first-order chi connectivity index (χ1) is 7.56. The Morgan fingerprint density at radius 2 is 2.19 bits per heavy atom. The van der Waals surface area contributed by atoms with Crippen LogP contribution in [0.1, 0.15) is 29.8 Å². The van der Waals surface area contributed by atoms with E-state index < -0.39 is 0 Å². The van der Waals surface area contributed by atoms with Crippen LogP contribution in [0.15, 0.2) is 18.2 Å². The summed E-state index contributed by atoms with van der Waals surface area (Å²) in [5.41, 5.74) is 7.71. The Morgan fingerprint density at radius 1 is 1.50 bits per heavy atom. The van der Waals surface area contributed by atoms with Crippen molar-refractivity contribution in [3.8, 4) is 0 Å². The van der Waals surface area contributed by atoms with Gasteiger partial charge in [0.15, 0.2) is 0 Å². The maximum Gasteiger partial charge on any atom is 0.340 e. The summed E-state index contributed by atoms with van der Waals surface area (Å²) >= 11 is 1.77. The van der Waals surface area contributed by atoms with E-state index in [9.17, 15) is 4.79 Å². The highest BCUT2D eigenvalue weighted by molar-refractivity contribution is 7.99. The van der Waals surface area contributed by atoms with Gasteiger partial charge in [0.1, 0.15) is 0 Å². The highest BCUT2D eigenvalue weighted by Gasteiger charge is 2.15. The number of esters is 1. The minimum atomic E-state index is -0.363. The van der Waals surface area contributed by atoms with Gasteiger partial charge >= 0.3 is 5.97 Å². The van der Waals surface area contributed by atoms with E-state index in [1.807, 2.05) is 12.1 Å². The van der Waals surface area contributed by atoms with Gasteiger partial charge in [0.2, 0.25) is 0 Å². The molecule has 3 nitrogen and oxygen atoms in total. The third-order valence-electron chi connectivity index (χ3n) is 2.14. The Morgan fingerprint density at radius 3 is 2.75 bits per heavy atom. The standard InChI is InChI=1S/C12H17NO2S/c1-8(2)16-7-9-5-4-6-10(13)11(9)12(14)15-3/h4-6,8H,7,13H2,1-3H3. The number of nitrogen functional groups attached to an aromatic ring is 1. The zero-order valence-corrected chi connectivity index (χ0v) is 10.6. The van der Waals surface area contributed by atoms with Crippen LogP contribution in [0.5, 0.6) is 0 Å². The fraction of sp³-hybridized carbons (Fsp3) is 0.417. The smallest absolute Gasteiger partial charge is 0.340 e. The number of thioether (sulfide) groups is 1. The summed E-state index contributed by atoms with van der Waals surface area (Å²) < 4.78 is 4.74. The average Bonchev–Trinajstić information content (AvgIpc) is 2.25. The highest BCUT2D eigenvalue weighted by atomic mass is 32.2. The summed E-state index contributed by atoms with van der Waals surface area (Å²) in [6, 6.07) is 5.49. The van der Waals surface area contributed by atoms with Crippen LogP contribution < -0.4 is 5.73 Å². The fourth-order valence-corrected chi connectivity index (χ4v) is 2.10. The normalized spacial score (nSPS) is 10.5. The number of rotatable bonds is 4. The Labute approximate surface area is 100 Å². The van der Waals surface area contributed by atoms with E-state index in [-0.39, 0.29) is 5.97 Å². The van der Waals surface area contributed by atoms with Gasteiger partial charge in [-0.2, -0.15) is 11.8 Å². The molecule has 0 aliphatic rings. The molecule has 0 unspecified atom stereocenters. The number of ether oxygens (including phenoxy) is 1. The van der Waals surface area contributed by atoms with Crippen molar-refractivity contribution < 1.29 is 9.53 Å². The average molecular weight is 239 g/mol. The molecule has 1 aromatic rings. The monoisotopic (exact) mass is 239 g/mol. The van der Waals surface area contributed by atoms with Gasteiger partial charge in [0, 0.05) is 11.4 Å². The van der Waals surface area contributed by atoms with Crippen LogP contribution in [0.3, 0.4) is 0 Å². The van der Waals surface area contributed by atoms with Gasteiger partial charge in [-0.05, 0) is 16.9 Å². The van der Waals surface area contributed by atoms with E-state index in [0.29, 0.717) is 16.5 Å². The molecule has 1 rings (SSSR count). The number of hydrogen-bond acceptors (Lipinski definition) is 4. The summed E-state index contributed by atoms with van der Waals surface area (Å²) in [6.45, 7) is 4.24. The first-order valence-corrected chi connectivity index (χ1v) is 6.18. The van der Waals surface area contributed by atoms with Crippen LogP contribution >= 0.6 is 11.8 Å². The molecule has 2 N–H and O–H groups in total. The minimum absolute atomic E-state index is 0.363. The molecule has 0 spiro atoms. The zero-order chi connectivity index (χ0) is 12.1. The molecule has 0 radical (unpaired) electrons. The number of carbonyl (C=O) groups is 1. The number of anilines is 1. The SMILES string of the molecule is COC(=O)c1c(N)cccc1CSC(C)C. The number of carbonyl (C=O) groups excluding carboxylic acids is 1. The second kappa shape index (κ2) is 5.80. The lowest BCUT2D eigenvalue weighted by Crippen LogP contribution is -2.09. The Bertz CT molecular complexity index is 377. The molecular formula is C12H17NO2S. The fourth-order valence-electron chi connectivity index (χ4n) is 1.35. The van der Waals surface area contributed by atoms with E-state index in [4.69, 9.17) is 10.5 Å². The van der Waals surface area contributed by atoms with Gasteiger partial charge in [-0.25, -0.2) is 4.79 Å². The van der Waals surface area contributed by atoms with Gasteiger partial charge in [-0.15, -0.1) is 0 Å². The van der Waals surface area contributed by atoms with Crippen molar-refractivity contribution in [1.82, 2.24) is 0 Å². The molecule has 16 heavy (non-hydrogen) atoms. The van der Waals surface area contributed by atoms with E-state index in [0.717, 1.165) is 11.3 Å². The maximum absolute atomic E-state index is 11.6. The molecule has 0 heterocycles. The summed E-state index contributed by atoms with van der Waals surface area (Å²) in [5.74, 6) is 0.408. The molecule has 0 aliphatic heterocycles. The van der Waals surface area contributed by atoms with Crippen molar-refractivity contribution in [2.75, 3.05) is 12.8 Å². The third-order valence-corrected chi connectivity index (χ3v) is 3.29. The van der Waals surface area contributed by atoms with Crippen LogP contribution in [-0.4, -0.2) is 18.3 Å². The van der Waals surface area contributed by atoms with Crippen LogP contribution in [-0.2, 0) is 10.5 Å². The molecule has 0 aliphatic carbocycles. The van der Waals surface area contributed by atoms with Crippen molar-refractivity contribution >= 4 is 23.4 Å². The summed E-state index contributed by atoms with van der Waals surface area (Å²) in [5, 5.41) is 0.520. The van der Waals surface area contributed by atoms with Gasteiger partial charge in [-0.1, -0.05) is 26.0 Å². The van der Waals surface area contributed by atoms with Crippen molar-refractivity contribution in [2.24, 2.45) is 0 Å². The van der Waals surface area contributed by atoms with E-state index in [1.54, 1.807) is 17.8 Å². The topological polar surface area (TPSA) is 52.3 Å². The maximum atomic E-state index is 11.6. The van der Waals surface area contributed by atoms with Gasteiger partial charge < -0.3 is 10.5 Å². The van der Waals surface area contributed by atoms with E-state index in [2.05, 4.69) is 13.8 Å². The number of methoxy groups -OCH3 is 1. The molecule has 0 fully saturated rings. The van der Waals surface area contributed by atoms with Crippen molar-refractivity contribution in [2.45, 2.75) is 24.9 Å². The predicted octanol–water partition coefficient (Wildman–Crippen LogP) is 2.70. The molecule has 0 bridgehead atoms.